The Kier molecular flexibility index (Phi) is 4.67. The topological polar surface area (TPSA) is 71.8 Å². The molecule has 2 N–H and O–H groups in total. The maximum absolute atomic E-state index is 13.1. The van der Waals surface area contributed by atoms with E-state index < -0.39 is 5.92 Å². The van der Waals surface area contributed by atoms with Crippen molar-refractivity contribution in [2.45, 2.75) is 70.5 Å². The van der Waals surface area contributed by atoms with Gasteiger partial charge in [-0.2, -0.15) is 5.10 Å². The van der Waals surface area contributed by atoms with Crippen molar-refractivity contribution in [1.82, 2.24) is 25.4 Å². The molecule has 0 bridgehead atoms. The Bertz CT molecular complexity index is 514. The summed E-state index contributed by atoms with van der Waals surface area (Å²) in [5.41, 5.74) is -0.223. The zero-order valence-electron chi connectivity index (χ0n) is 13.2. The van der Waals surface area contributed by atoms with E-state index in [-0.39, 0.29) is 37.0 Å². The summed E-state index contributed by atoms with van der Waals surface area (Å²) in [5.74, 6) is -1.93. The van der Waals surface area contributed by atoms with E-state index >= 15 is 0 Å². The number of nitrogens with one attached hydrogen (secondary N) is 2. The Morgan fingerprint density at radius 3 is 2.64 bits per heavy atom. The molecule has 0 unspecified atom stereocenters. The van der Waals surface area contributed by atoms with E-state index in [0.29, 0.717) is 18.7 Å². The van der Waals surface area contributed by atoms with Crippen LogP contribution in [0.1, 0.15) is 52.3 Å². The third-order valence-electron chi connectivity index (χ3n) is 3.71. The van der Waals surface area contributed by atoms with Gasteiger partial charge in [0.1, 0.15) is 12.2 Å². The highest BCUT2D eigenvalue weighted by Crippen LogP contribution is 2.32. The number of carbonyl (C=O) groups excluding carboxylic acids is 1. The molecule has 1 aromatic heterocycles. The molecule has 2 amide bonds. The number of hydrogen-bond acceptors (Lipinski definition) is 3. The summed E-state index contributed by atoms with van der Waals surface area (Å²) >= 11 is 0. The lowest BCUT2D eigenvalue weighted by atomic mass is 9.92. The van der Waals surface area contributed by atoms with Gasteiger partial charge < -0.3 is 10.6 Å². The van der Waals surface area contributed by atoms with E-state index in [9.17, 15) is 13.6 Å². The molecule has 0 spiro atoms. The van der Waals surface area contributed by atoms with Crippen LogP contribution in [0.25, 0.3) is 0 Å². The summed E-state index contributed by atoms with van der Waals surface area (Å²) in [7, 11) is 0. The molecular weight excluding hydrogens is 292 g/mol. The lowest BCUT2D eigenvalue weighted by molar-refractivity contribution is -0.0395. The first-order valence-electron chi connectivity index (χ1n) is 7.49. The number of hydrogen-bond donors (Lipinski definition) is 2. The molecule has 0 aliphatic heterocycles. The van der Waals surface area contributed by atoms with Crippen LogP contribution in [-0.2, 0) is 12.1 Å². The molecule has 1 heterocycles. The zero-order chi connectivity index (χ0) is 16.4. The fourth-order valence-corrected chi connectivity index (χ4v) is 2.53. The van der Waals surface area contributed by atoms with Crippen LogP contribution >= 0.6 is 0 Å². The van der Waals surface area contributed by atoms with Crippen molar-refractivity contribution in [2.24, 2.45) is 0 Å². The van der Waals surface area contributed by atoms with E-state index in [4.69, 9.17) is 0 Å². The van der Waals surface area contributed by atoms with Crippen LogP contribution in [0, 0.1) is 0 Å². The predicted octanol–water partition coefficient (Wildman–Crippen LogP) is 2.41. The maximum atomic E-state index is 13.1. The van der Waals surface area contributed by atoms with Crippen molar-refractivity contribution in [3.8, 4) is 0 Å². The van der Waals surface area contributed by atoms with Gasteiger partial charge in [-0.3, -0.25) is 0 Å². The van der Waals surface area contributed by atoms with Gasteiger partial charge in [0, 0.05) is 18.9 Å². The lowest BCUT2D eigenvalue weighted by Gasteiger charge is -2.28. The zero-order valence-corrected chi connectivity index (χ0v) is 13.2. The third-order valence-corrected chi connectivity index (χ3v) is 3.71. The summed E-state index contributed by atoms with van der Waals surface area (Å²) in [5, 5.41) is 9.59. The minimum atomic E-state index is -2.59. The Balaban J connectivity index is 1.81. The summed E-state index contributed by atoms with van der Waals surface area (Å²) in [6, 6.07) is -0.557. The second-order valence-electron chi connectivity index (χ2n) is 6.72. The lowest BCUT2D eigenvalue weighted by Crippen LogP contribution is -2.45. The van der Waals surface area contributed by atoms with Crippen LogP contribution in [0.15, 0.2) is 6.33 Å². The van der Waals surface area contributed by atoms with Gasteiger partial charge in [0.15, 0.2) is 0 Å². The van der Waals surface area contributed by atoms with Crippen molar-refractivity contribution >= 4 is 6.03 Å². The van der Waals surface area contributed by atoms with E-state index in [1.165, 1.54) is 6.33 Å². The molecule has 1 aromatic rings. The Morgan fingerprint density at radius 1 is 1.41 bits per heavy atom. The SMILES string of the molecule is CC(C)(C)n1ncnc1CNC(=O)NC1CCC(F)(F)CC1. The number of rotatable bonds is 3. The molecule has 1 saturated carbocycles. The quantitative estimate of drug-likeness (QED) is 0.900. The van der Waals surface area contributed by atoms with Crippen molar-refractivity contribution in [1.29, 1.82) is 0 Å². The molecule has 6 nitrogen and oxygen atoms in total. The number of amides is 2. The number of carbonyl (C=O) groups is 1. The van der Waals surface area contributed by atoms with Crippen LogP contribution in [0.4, 0.5) is 13.6 Å². The first kappa shape index (κ1) is 16.6. The van der Waals surface area contributed by atoms with Gasteiger partial charge in [-0.25, -0.2) is 23.2 Å². The van der Waals surface area contributed by atoms with Gasteiger partial charge in [0.05, 0.1) is 12.1 Å². The second-order valence-corrected chi connectivity index (χ2v) is 6.72. The number of halogens is 2. The molecule has 124 valence electrons. The van der Waals surface area contributed by atoms with E-state index in [2.05, 4.69) is 20.7 Å². The Morgan fingerprint density at radius 2 is 2.05 bits per heavy atom. The highest BCUT2D eigenvalue weighted by Gasteiger charge is 2.35. The minimum absolute atomic E-state index is 0.170. The number of nitrogens with zero attached hydrogens (tertiary/aromatic N) is 3. The fraction of sp³-hybridized carbons (Fsp3) is 0.786. The highest BCUT2D eigenvalue weighted by atomic mass is 19.3. The summed E-state index contributed by atoms with van der Waals surface area (Å²) < 4.78 is 27.9. The van der Waals surface area contributed by atoms with Crippen LogP contribution in [-0.4, -0.2) is 32.8 Å². The molecule has 8 heteroatoms. The highest BCUT2D eigenvalue weighted by molar-refractivity contribution is 5.74. The van der Waals surface area contributed by atoms with Crippen molar-refractivity contribution < 1.29 is 13.6 Å². The van der Waals surface area contributed by atoms with Crippen LogP contribution in [0.2, 0.25) is 0 Å². The van der Waals surface area contributed by atoms with Gasteiger partial charge in [-0.1, -0.05) is 0 Å². The monoisotopic (exact) mass is 315 g/mol. The van der Waals surface area contributed by atoms with Crippen LogP contribution < -0.4 is 10.6 Å². The van der Waals surface area contributed by atoms with E-state index in [0.717, 1.165) is 0 Å². The third kappa shape index (κ3) is 4.38. The molecule has 1 fully saturated rings. The second kappa shape index (κ2) is 6.18. The van der Waals surface area contributed by atoms with Gasteiger partial charge in [0.25, 0.3) is 0 Å². The van der Waals surface area contributed by atoms with E-state index in [1.54, 1.807) is 4.68 Å². The van der Waals surface area contributed by atoms with Gasteiger partial charge in [-0.05, 0) is 33.6 Å². The normalized spacial score (nSPS) is 19.0. The molecule has 1 aliphatic rings. The standard InChI is InChI=1S/C14H23F2N5O/c1-13(2,3)21-11(18-9-19-21)8-17-12(22)20-10-4-6-14(15,16)7-5-10/h9-10H,4-8H2,1-3H3,(H2,17,20,22). The molecule has 0 saturated heterocycles. The maximum Gasteiger partial charge on any atom is 0.315 e. The molecule has 0 aromatic carbocycles. The average Bonchev–Trinajstić information content (AvgIpc) is 2.87. The predicted molar refractivity (Wildman–Crippen MR) is 77.6 cm³/mol. The number of alkyl halides is 2. The van der Waals surface area contributed by atoms with Crippen LogP contribution in [0.5, 0.6) is 0 Å². The van der Waals surface area contributed by atoms with Crippen LogP contribution in [0.3, 0.4) is 0 Å². The van der Waals surface area contributed by atoms with Gasteiger partial charge in [0.2, 0.25) is 5.92 Å². The fourth-order valence-electron chi connectivity index (χ4n) is 2.53. The summed E-state index contributed by atoms with van der Waals surface area (Å²) in [6.45, 7) is 6.22. The largest absolute Gasteiger partial charge is 0.335 e. The molecular formula is C14H23F2N5O. The number of urea groups is 1. The minimum Gasteiger partial charge on any atom is -0.335 e. The van der Waals surface area contributed by atoms with E-state index in [1.807, 2.05) is 20.8 Å². The van der Waals surface area contributed by atoms with Crippen molar-refractivity contribution in [2.75, 3.05) is 0 Å². The first-order chi connectivity index (χ1) is 10.2. The molecule has 1 aliphatic carbocycles. The summed E-state index contributed by atoms with van der Waals surface area (Å²) in [4.78, 5) is 16.0. The average molecular weight is 315 g/mol. The first-order valence-corrected chi connectivity index (χ1v) is 7.49. The smallest absolute Gasteiger partial charge is 0.315 e. The summed E-state index contributed by atoms with van der Waals surface area (Å²) in [6.07, 6.45) is 1.72. The van der Waals surface area contributed by atoms with Gasteiger partial charge >= 0.3 is 6.03 Å². The Hall–Kier alpha value is -1.73. The molecule has 0 radical (unpaired) electrons. The van der Waals surface area contributed by atoms with Gasteiger partial charge in [-0.15, -0.1) is 0 Å². The van der Waals surface area contributed by atoms with Crippen molar-refractivity contribution in [3.63, 3.8) is 0 Å². The molecule has 2 rings (SSSR count). The van der Waals surface area contributed by atoms with Crippen molar-refractivity contribution in [3.05, 3.63) is 12.2 Å². The number of aromatic nitrogens is 3. The Labute approximate surface area is 128 Å². The molecule has 0 atom stereocenters. The molecule has 22 heavy (non-hydrogen) atoms.